The molecule has 2 heterocycles. The first-order chi connectivity index (χ1) is 8.20. The van der Waals surface area contributed by atoms with Crippen molar-refractivity contribution in [1.82, 2.24) is 4.90 Å². The predicted octanol–water partition coefficient (Wildman–Crippen LogP) is 2.29. The van der Waals surface area contributed by atoms with Crippen LogP contribution in [-0.4, -0.2) is 30.2 Å². The van der Waals surface area contributed by atoms with E-state index in [9.17, 15) is 0 Å². The van der Waals surface area contributed by atoms with Gasteiger partial charge in [-0.1, -0.05) is 17.7 Å². The minimum Gasteiger partial charge on any atom is -0.399 e. The van der Waals surface area contributed by atoms with Crippen LogP contribution in [0.1, 0.15) is 18.4 Å². The number of halogens is 1. The van der Waals surface area contributed by atoms with Crippen molar-refractivity contribution in [3.8, 4) is 0 Å². The lowest BCUT2D eigenvalue weighted by molar-refractivity contribution is -0.0410. The highest BCUT2D eigenvalue weighted by molar-refractivity contribution is 6.31. The van der Waals surface area contributed by atoms with Gasteiger partial charge in [0.15, 0.2) is 0 Å². The van der Waals surface area contributed by atoms with Crippen LogP contribution in [0.3, 0.4) is 0 Å². The van der Waals surface area contributed by atoms with E-state index in [4.69, 9.17) is 22.1 Å². The van der Waals surface area contributed by atoms with E-state index in [-0.39, 0.29) is 0 Å². The third-order valence-corrected chi connectivity index (χ3v) is 3.94. The second kappa shape index (κ2) is 4.48. The second-order valence-electron chi connectivity index (χ2n) is 5.00. The molecule has 0 amide bonds. The molecule has 92 valence electrons. The summed E-state index contributed by atoms with van der Waals surface area (Å²) in [5.74, 6) is 0. The highest BCUT2D eigenvalue weighted by Gasteiger charge is 2.33. The van der Waals surface area contributed by atoms with Crippen molar-refractivity contribution in [2.24, 2.45) is 0 Å². The van der Waals surface area contributed by atoms with Gasteiger partial charge in [-0.3, -0.25) is 4.90 Å². The number of benzene rings is 1. The first kappa shape index (κ1) is 11.3. The van der Waals surface area contributed by atoms with Crippen LogP contribution >= 0.6 is 11.6 Å². The Morgan fingerprint density at radius 2 is 2.00 bits per heavy atom. The Bertz CT molecular complexity index is 412. The fraction of sp³-hybridized carbons (Fsp3) is 0.538. The predicted molar refractivity (Wildman–Crippen MR) is 69.0 cm³/mol. The number of nitrogens with zero attached hydrogens (tertiary/aromatic N) is 1. The minimum atomic E-state index is 0.432. The average Bonchev–Trinajstić information content (AvgIpc) is 2.62. The Kier molecular flexibility index (Phi) is 2.99. The van der Waals surface area contributed by atoms with Crippen molar-refractivity contribution in [2.75, 3.05) is 18.8 Å². The van der Waals surface area contributed by atoms with Crippen LogP contribution in [0.15, 0.2) is 18.2 Å². The molecule has 0 radical (unpaired) electrons. The monoisotopic (exact) mass is 252 g/mol. The molecule has 2 fully saturated rings. The van der Waals surface area contributed by atoms with E-state index in [1.165, 1.54) is 12.8 Å². The highest BCUT2D eigenvalue weighted by Crippen LogP contribution is 2.28. The molecule has 2 N–H and O–H groups in total. The molecule has 2 aliphatic heterocycles. The fourth-order valence-corrected chi connectivity index (χ4v) is 3.01. The topological polar surface area (TPSA) is 38.5 Å². The Labute approximate surface area is 106 Å². The largest absolute Gasteiger partial charge is 0.399 e. The molecule has 17 heavy (non-hydrogen) atoms. The number of nitrogen functional groups attached to an aromatic ring is 1. The van der Waals surface area contributed by atoms with Gasteiger partial charge in [-0.2, -0.15) is 0 Å². The summed E-state index contributed by atoms with van der Waals surface area (Å²) in [7, 11) is 0. The zero-order chi connectivity index (χ0) is 11.8. The maximum absolute atomic E-state index is 6.20. The molecular formula is C13H17ClN2O. The minimum absolute atomic E-state index is 0.432. The maximum Gasteiger partial charge on any atom is 0.0707 e. The number of morpholine rings is 1. The van der Waals surface area contributed by atoms with Gasteiger partial charge >= 0.3 is 0 Å². The SMILES string of the molecule is Nc1ccc(CN2CC3CCC(C2)O3)c(Cl)c1. The standard InChI is InChI=1S/C13H17ClN2O/c14-13-5-10(15)2-1-9(13)6-16-7-11-3-4-12(8-16)17-11/h1-2,5,11-12H,3-4,6-8,15H2. The summed E-state index contributed by atoms with van der Waals surface area (Å²) in [5, 5.41) is 0.767. The van der Waals surface area contributed by atoms with Gasteiger partial charge in [0, 0.05) is 30.3 Å². The lowest BCUT2D eigenvalue weighted by atomic mass is 10.1. The van der Waals surface area contributed by atoms with Gasteiger partial charge in [0.1, 0.15) is 0 Å². The summed E-state index contributed by atoms with van der Waals surface area (Å²) < 4.78 is 5.82. The number of anilines is 1. The molecule has 3 nitrogen and oxygen atoms in total. The first-order valence-electron chi connectivity index (χ1n) is 6.12. The van der Waals surface area contributed by atoms with Crippen LogP contribution in [0, 0.1) is 0 Å². The molecule has 0 aliphatic carbocycles. The molecule has 4 heteroatoms. The molecular weight excluding hydrogens is 236 g/mol. The van der Waals surface area contributed by atoms with E-state index in [2.05, 4.69) is 4.90 Å². The third-order valence-electron chi connectivity index (χ3n) is 3.59. The van der Waals surface area contributed by atoms with Crippen molar-refractivity contribution >= 4 is 17.3 Å². The van der Waals surface area contributed by atoms with Crippen molar-refractivity contribution in [1.29, 1.82) is 0 Å². The molecule has 2 aliphatic rings. The van der Waals surface area contributed by atoms with Crippen molar-refractivity contribution in [3.05, 3.63) is 28.8 Å². The van der Waals surface area contributed by atoms with Crippen molar-refractivity contribution < 1.29 is 4.74 Å². The van der Waals surface area contributed by atoms with Crippen LogP contribution in [0.4, 0.5) is 5.69 Å². The van der Waals surface area contributed by atoms with Gasteiger partial charge in [0.05, 0.1) is 12.2 Å². The summed E-state index contributed by atoms with van der Waals surface area (Å²) in [5.41, 5.74) is 7.57. The summed E-state index contributed by atoms with van der Waals surface area (Å²) >= 11 is 6.20. The van der Waals surface area contributed by atoms with Crippen LogP contribution in [0.5, 0.6) is 0 Å². The molecule has 0 spiro atoms. The first-order valence-corrected chi connectivity index (χ1v) is 6.50. The van der Waals surface area contributed by atoms with Gasteiger partial charge in [0.25, 0.3) is 0 Å². The summed E-state index contributed by atoms with van der Waals surface area (Å²) in [6, 6.07) is 5.76. The van der Waals surface area contributed by atoms with E-state index < -0.39 is 0 Å². The zero-order valence-corrected chi connectivity index (χ0v) is 10.5. The summed E-state index contributed by atoms with van der Waals surface area (Å²) in [6.07, 6.45) is 3.27. The van der Waals surface area contributed by atoms with E-state index in [1.54, 1.807) is 0 Å². The Balaban J connectivity index is 1.70. The Hall–Kier alpha value is -0.770. The molecule has 0 saturated carbocycles. The number of fused-ring (bicyclic) bond motifs is 2. The van der Waals surface area contributed by atoms with E-state index >= 15 is 0 Å². The maximum atomic E-state index is 6.20. The van der Waals surface area contributed by atoms with Crippen molar-refractivity contribution in [2.45, 2.75) is 31.6 Å². The van der Waals surface area contributed by atoms with Gasteiger partial charge in [-0.25, -0.2) is 0 Å². The lowest BCUT2D eigenvalue weighted by Crippen LogP contribution is -2.42. The van der Waals surface area contributed by atoms with Gasteiger partial charge in [-0.05, 0) is 30.5 Å². The van der Waals surface area contributed by atoms with Crippen LogP contribution in [0.2, 0.25) is 5.02 Å². The fourth-order valence-electron chi connectivity index (χ4n) is 2.76. The normalized spacial score (nSPS) is 28.5. The van der Waals surface area contributed by atoms with Crippen molar-refractivity contribution in [3.63, 3.8) is 0 Å². The average molecular weight is 253 g/mol. The van der Waals surface area contributed by atoms with E-state index in [1.807, 2.05) is 18.2 Å². The van der Waals surface area contributed by atoms with E-state index in [0.717, 1.165) is 35.9 Å². The Morgan fingerprint density at radius 1 is 1.29 bits per heavy atom. The molecule has 1 aromatic carbocycles. The number of rotatable bonds is 2. The number of likely N-dealkylation sites (tertiary alicyclic amines) is 1. The van der Waals surface area contributed by atoms with Crippen LogP contribution < -0.4 is 5.73 Å². The zero-order valence-electron chi connectivity index (χ0n) is 9.73. The molecule has 3 rings (SSSR count). The lowest BCUT2D eigenvalue weighted by Gasteiger charge is -2.32. The van der Waals surface area contributed by atoms with Gasteiger partial charge < -0.3 is 10.5 Å². The molecule has 2 bridgehead atoms. The number of nitrogens with two attached hydrogens (primary N) is 1. The quantitative estimate of drug-likeness (QED) is 0.821. The third kappa shape index (κ3) is 2.41. The summed E-state index contributed by atoms with van der Waals surface area (Å²) in [4.78, 5) is 2.43. The number of hydrogen-bond donors (Lipinski definition) is 1. The summed E-state index contributed by atoms with van der Waals surface area (Å²) in [6.45, 7) is 2.95. The van der Waals surface area contributed by atoms with Gasteiger partial charge in [-0.15, -0.1) is 0 Å². The molecule has 0 aromatic heterocycles. The molecule has 1 aromatic rings. The molecule has 2 atom stereocenters. The molecule has 2 saturated heterocycles. The van der Waals surface area contributed by atoms with Crippen LogP contribution in [0.25, 0.3) is 0 Å². The van der Waals surface area contributed by atoms with E-state index in [0.29, 0.717) is 12.2 Å². The Morgan fingerprint density at radius 3 is 2.65 bits per heavy atom. The second-order valence-corrected chi connectivity index (χ2v) is 5.41. The van der Waals surface area contributed by atoms with Gasteiger partial charge in [0.2, 0.25) is 0 Å². The number of ether oxygens (including phenoxy) is 1. The highest BCUT2D eigenvalue weighted by atomic mass is 35.5. The number of hydrogen-bond acceptors (Lipinski definition) is 3. The van der Waals surface area contributed by atoms with Crippen LogP contribution in [-0.2, 0) is 11.3 Å². The smallest absolute Gasteiger partial charge is 0.0707 e. The molecule has 2 unspecified atom stereocenters.